The van der Waals surface area contributed by atoms with Gasteiger partial charge >= 0.3 is 0 Å². The lowest BCUT2D eigenvalue weighted by Gasteiger charge is -2.27. The molecule has 12 rings (SSSR count). The van der Waals surface area contributed by atoms with Crippen LogP contribution in [0.4, 0.5) is 17.1 Å². The number of nitrogens with zero attached hydrogens (tertiary/aromatic N) is 4. The Balaban J connectivity index is 1.05. The number of rotatable bonds is 6. The molecule has 1 aliphatic carbocycles. The predicted octanol–water partition coefficient (Wildman–Crippen LogP) is 14.7. The zero-order valence-electron chi connectivity index (χ0n) is 33.4. The van der Waals surface area contributed by atoms with E-state index in [9.17, 15) is 0 Å². The van der Waals surface area contributed by atoms with Crippen molar-refractivity contribution in [3.63, 3.8) is 0 Å². The highest BCUT2D eigenvalue weighted by Crippen LogP contribution is 2.54. The number of para-hydroxylation sites is 4. The summed E-state index contributed by atoms with van der Waals surface area (Å²) in [5.41, 5.74) is 16.2. The van der Waals surface area contributed by atoms with E-state index in [4.69, 9.17) is 4.98 Å². The Morgan fingerprint density at radius 2 is 1.03 bits per heavy atom. The van der Waals surface area contributed by atoms with E-state index in [0.29, 0.717) is 0 Å². The van der Waals surface area contributed by atoms with Gasteiger partial charge in [-0.1, -0.05) is 141 Å². The van der Waals surface area contributed by atoms with E-state index in [1.165, 1.54) is 54.8 Å². The van der Waals surface area contributed by atoms with E-state index >= 15 is 0 Å². The van der Waals surface area contributed by atoms with Gasteiger partial charge in [0.2, 0.25) is 0 Å². The molecule has 0 saturated heterocycles. The van der Waals surface area contributed by atoms with Crippen LogP contribution in [0.5, 0.6) is 0 Å². The van der Waals surface area contributed by atoms with E-state index in [2.05, 4.69) is 234 Å². The van der Waals surface area contributed by atoms with Crippen LogP contribution in [-0.4, -0.2) is 14.1 Å². The summed E-state index contributed by atoms with van der Waals surface area (Å²) in [5.74, 6) is 0.945. The minimum Gasteiger partial charge on any atom is -0.310 e. The first-order chi connectivity index (χ1) is 29.5. The molecule has 0 aliphatic heterocycles. The first kappa shape index (κ1) is 34.4. The van der Waals surface area contributed by atoms with Crippen LogP contribution in [0.25, 0.3) is 77.5 Å². The third kappa shape index (κ3) is 5.07. The van der Waals surface area contributed by atoms with Crippen LogP contribution in [0.3, 0.4) is 0 Å². The molecule has 0 atom stereocenters. The molecule has 0 radical (unpaired) electrons. The molecule has 9 aromatic carbocycles. The van der Waals surface area contributed by atoms with Gasteiger partial charge in [0, 0.05) is 55.6 Å². The fraction of sp³-hybridized carbons (Fsp3) is 0.0536. The summed E-state index contributed by atoms with van der Waals surface area (Å²) in [6.07, 6.45) is 0. The Bertz CT molecular complexity index is 3440. The van der Waals surface area contributed by atoms with Gasteiger partial charge in [-0.2, -0.15) is 0 Å². The summed E-state index contributed by atoms with van der Waals surface area (Å²) in [5, 5.41) is 4.93. The van der Waals surface area contributed by atoms with Crippen molar-refractivity contribution in [2.45, 2.75) is 19.3 Å². The molecule has 60 heavy (non-hydrogen) atoms. The molecule has 0 bridgehead atoms. The molecule has 0 fully saturated rings. The summed E-state index contributed by atoms with van der Waals surface area (Å²) >= 11 is 0. The van der Waals surface area contributed by atoms with Crippen LogP contribution in [0.1, 0.15) is 25.0 Å². The first-order valence-corrected chi connectivity index (χ1v) is 20.7. The topological polar surface area (TPSA) is 26.0 Å². The number of hydrogen-bond acceptors (Lipinski definition) is 2. The highest BCUT2D eigenvalue weighted by Gasteiger charge is 2.38. The number of aromatic nitrogens is 3. The zero-order chi connectivity index (χ0) is 40.0. The molecule has 284 valence electrons. The van der Waals surface area contributed by atoms with Crippen LogP contribution in [0.15, 0.2) is 206 Å². The van der Waals surface area contributed by atoms with Gasteiger partial charge in [0.25, 0.3) is 0 Å². The van der Waals surface area contributed by atoms with E-state index in [1.54, 1.807) is 0 Å². The number of anilines is 3. The van der Waals surface area contributed by atoms with Crippen LogP contribution >= 0.6 is 0 Å². The largest absolute Gasteiger partial charge is 0.310 e. The van der Waals surface area contributed by atoms with Crippen LogP contribution < -0.4 is 4.90 Å². The minimum absolute atomic E-state index is 0.230. The summed E-state index contributed by atoms with van der Waals surface area (Å²) in [4.78, 5) is 7.69. The number of fused-ring (bicyclic) bond motifs is 10. The second-order valence-corrected chi connectivity index (χ2v) is 16.4. The summed E-state index contributed by atoms with van der Waals surface area (Å²) in [6.45, 7) is 4.77. The molecule has 0 saturated carbocycles. The Labute approximate surface area is 348 Å². The zero-order valence-corrected chi connectivity index (χ0v) is 33.4. The summed E-state index contributed by atoms with van der Waals surface area (Å²) in [7, 11) is 0. The minimum atomic E-state index is -0.230. The maximum Gasteiger partial charge on any atom is 0.145 e. The average molecular weight is 769 g/mol. The van der Waals surface area contributed by atoms with Gasteiger partial charge in [-0.15, -0.1) is 0 Å². The van der Waals surface area contributed by atoms with Crippen molar-refractivity contribution < 1.29 is 0 Å². The SMILES string of the molecule is CC1(C)c2ccc(N(c3ccccc3)c3ccc4c(c3)c3ccccc3n4-c3ccccc3)cc2-c2ccc3c(ccc4nc(-c5ccccc5)n(-c5ccccc5)c43)c21. The lowest BCUT2D eigenvalue weighted by Crippen LogP contribution is -2.16. The summed E-state index contributed by atoms with van der Waals surface area (Å²) in [6, 6.07) is 74.6. The second kappa shape index (κ2) is 13.2. The van der Waals surface area contributed by atoms with Gasteiger partial charge in [0.05, 0.1) is 22.1 Å². The third-order valence-electron chi connectivity index (χ3n) is 12.7. The van der Waals surface area contributed by atoms with Crippen molar-refractivity contribution >= 4 is 60.7 Å². The monoisotopic (exact) mass is 768 g/mol. The van der Waals surface area contributed by atoms with Gasteiger partial charge < -0.3 is 9.47 Å². The molecule has 2 aromatic heterocycles. The molecular formula is C56H40N4. The van der Waals surface area contributed by atoms with Crippen molar-refractivity contribution in [3.8, 4) is 33.9 Å². The van der Waals surface area contributed by atoms with Gasteiger partial charge in [-0.05, 0) is 107 Å². The standard InChI is InChI=1S/C56H40N4/c1-56(2)49-32-27-41(58(38-19-9-4-10-20-38)42-28-34-52-48(36-42)43-25-15-16-26-51(43)59(52)39-21-11-5-12-22-39)35-47(49)45-29-30-46-44(53(45)56)31-33-50-54(46)60(40-23-13-6-14-24-40)55(57-50)37-17-7-3-8-18-37/h3-36H,1-2H3. The molecule has 11 aromatic rings. The first-order valence-electron chi connectivity index (χ1n) is 20.7. The Kier molecular flexibility index (Phi) is 7.54. The fourth-order valence-electron chi connectivity index (χ4n) is 10.0. The molecule has 4 nitrogen and oxygen atoms in total. The molecule has 4 heteroatoms. The van der Waals surface area contributed by atoms with Gasteiger partial charge in [-0.25, -0.2) is 4.98 Å². The number of hydrogen-bond donors (Lipinski definition) is 0. The Morgan fingerprint density at radius 3 is 1.78 bits per heavy atom. The number of benzene rings is 9. The smallest absolute Gasteiger partial charge is 0.145 e. The molecular weight excluding hydrogens is 729 g/mol. The van der Waals surface area contributed by atoms with Crippen LogP contribution in [0, 0.1) is 0 Å². The van der Waals surface area contributed by atoms with Gasteiger partial charge in [0.15, 0.2) is 0 Å². The molecule has 0 amide bonds. The quantitative estimate of drug-likeness (QED) is 0.168. The Morgan fingerprint density at radius 1 is 0.433 bits per heavy atom. The summed E-state index contributed by atoms with van der Waals surface area (Å²) < 4.78 is 4.72. The lowest BCUT2D eigenvalue weighted by atomic mass is 9.80. The predicted molar refractivity (Wildman–Crippen MR) is 251 cm³/mol. The van der Waals surface area contributed by atoms with Crippen molar-refractivity contribution in [3.05, 3.63) is 217 Å². The highest BCUT2D eigenvalue weighted by atomic mass is 15.1. The van der Waals surface area contributed by atoms with Crippen molar-refractivity contribution in [2.75, 3.05) is 4.90 Å². The Hall–Kier alpha value is -7.69. The molecule has 0 spiro atoms. The van der Waals surface area contributed by atoms with Crippen LogP contribution in [-0.2, 0) is 5.41 Å². The molecule has 0 N–H and O–H groups in total. The maximum atomic E-state index is 5.28. The fourth-order valence-corrected chi connectivity index (χ4v) is 10.0. The van der Waals surface area contributed by atoms with Crippen molar-refractivity contribution in [2.24, 2.45) is 0 Å². The maximum absolute atomic E-state index is 5.28. The van der Waals surface area contributed by atoms with Crippen molar-refractivity contribution in [1.29, 1.82) is 0 Å². The van der Waals surface area contributed by atoms with Crippen molar-refractivity contribution in [1.82, 2.24) is 14.1 Å². The highest BCUT2D eigenvalue weighted by molar-refractivity contribution is 6.12. The molecule has 0 unspecified atom stereocenters. The second-order valence-electron chi connectivity index (χ2n) is 16.4. The normalized spacial score (nSPS) is 13.0. The lowest BCUT2D eigenvalue weighted by molar-refractivity contribution is 0.666. The van der Waals surface area contributed by atoms with E-state index in [0.717, 1.165) is 50.9 Å². The van der Waals surface area contributed by atoms with E-state index in [-0.39, 0.29) is 5.41 Å². The van der Waals surface area contributed by atoms with E-state index < -0.39 is 0 Å². The number of imidazole rings is 1. The van der Waals surface area contributed by atoms with Gasteiger partial charge in [-0.3, -0.25) is 4.57 Å². The van der Waals surface area contributed by atoms with E-state index in [1.807, 2.05) is 0 Å². The third-order valence-corrected chi connectivity index (χ3v) is 12.7. The van der Waals surface area contributed by atoms with Crippen LogP contribution in [0.2, 0.25) is 0 Å². The van der Waals surface area contributed by atoms with Gasteiger partial charge in [0.1, 0.15) is 5.82 Å². The molecule has 1 aliphatic rings. The molecule has 2 heterocycles. The average Bonchev–Trinajstić information content (AvgIpc) is 3.93.